The Morgan fingerprint density at radius 2 is 1.86 bits per heavy atom. The van der Waals surface area contributed by atoms with E-state index in [4.69, 9.17) is 4.98 Å². The van der Waals surface area contributed by atoms with Gasteiger partial charge in [-0.1, -0.05) is 18.2 Å². The van der Waals surface area contributed by atoms with Gasteiger partial charge in [0.15, 0.2) is 0 Å². The van der Waals surface area contributed by atoms with Gasteiger partial charge in [-0.3, -0.25) is 9.36 Å². The van der Waals surface area contributed by atoms with E-state index < -0.39 is 0 Å². The Kier molecular flexibility index (Phi) is 4.20. The van der Waals surface area contributed by atoms with Crippen molar-refractivity contribution in [3.63, 3.8) is 0 Å². The smallest absolute Gasteiger partial charge is 0.253 e. The molecule has 2 saturated heterocycles. The van der Waals surface area contributed by atoms with Gasteiger partial charge in [0.2, 0.25) is 0 Å². The average Bonchev–Trinajstić information content (AvgIpc) is 3.31. The predicted molar refractivity (Wildman–Crippen MR) is 111 cm³/mol. The van der Waals surface area contributed by atoms with Gasteiger partial charge in [0.1, 0.15) is 5.82 Å². The van der Waals surface area contributed by atoms with Crippen LogP contribution >= 0.6 is 0 Å². The summed E-state index contributed by atoms with van der Waals surface area (Å²) in [5, 5.41) is 3.49. The van der Waals surface area contributed by atoms with Crippen molar-refractivity contribution in [2.45, 2.75) is 26.2 Å². The number of hydrogen-bond donors (Lipinski definition) is 1. The van der Waals surface area contributed by atoms with Crippen LogP contribution in [0.5, 0.6) is 0 Å². The quantitative estimate of drug-likeness (QED) is 0.746. The Hall–Kier alpha value is -2.66. The largest absolute Gasteiger partial charge is 0.339 e. The molecule has 5 rings (SSSR count). The fraction of sp³-hybridized carbons (Fsp3) is 0.391. The predicted octanol–water partition coefficient (Wildman–Crippen LogP) is 3.55. The molecule has 5 heteroatoms. The zero-order valence-corrected chi connectivity index (χ0v) is 16.3. The molecule has 1 aromatic heterocycles. The van der Waals surface area contributed by atoms with Crippen LogP contribution in [0.1, 0.15) is 35.4 Å². The fourth-order valence-electron chi connectivity index (χ4n) is 4.83. The van der Waals surface area contributed by atoms with Crippen molar-refractivity contribution >= 4 is 16.9 Å². The van der Waals surface area contributed by atoms with E-state index in [0.29, 0.717) is 5.41 Å². The lowest BCUT2D eigenvalue weighted by atomic mass is 9.78. The first-order valence-corrected chi connectivity index (χ1v) is 10.2. The molecule has 0 aliphatic carbocycles. The van der Waals surface area contributed by atoms with E-state index in [1.54, 1.807) is 0 Å². The molecule has 1 amide bonds. The molecule has 3 aromatic rings. The molecular formula is C23H26N4O. The number of rotatable bonds is 2. The Bertz CT molecular complexity index is 1010. The third-order valence-corrected chi connectivity index (χ3v) is 6.53. The minimum atomic E-state index is 0.134. The molecule has 144 valence electrons. The Morgan fingerprint density at radius 3 is 2.57 bits per heavy atom. The monoisotopic (exact) mass is 374 g/mol. The molecule has 1 N–H and O–H groups in total. The lowest BCUT2D eigenvalue weighted by Crippen LogP contribution is -2.44. The maximum atomic E-state index is 13.1. The van der Waals surface area contributed by atoms with Crippen LogP contribution in [-0.2, 0) is 0 Å². The third kappa shape index (κ3) is 2.90. The molecular weight excluding hydrogens is 348 g/mol. The molecule has 0 radical (unpaired) electrons. The number of imidazole rings is 1. The SMILES string of the molecule is Cc1nc2cc(C(=O)N3CCC4(CCNC4)CC3)ccc2n1-c1ccccc1. The van der Waals surface area contributed by atoms with E-state index >= 15 is 0 Å². The molecule has 3 heterocycles. The number of nitrogens with zero attached hydrogens (tertiary/aromatic N) is 3. The molecule has 2 aromatic carbocycles. The van der Waals surface area contributed by atoms with Crippen LogP contribution < -0.4 is 5.32 Å². The van der Waals surface area contributed by atoms with Crippen molar-refractivity contribution < 1.29 is 4.79 Å². The molecule has 0 saturated carbocycles. The van der Waals surface area contributed by atoms with Crippen molar-refractivity contribution in [2.75, 3.05) is 26.2 Å². The number of piperidine rings is 1. The summed E-state index contributed by atoms with van der Waals surface area (Å²) in [4.78, 5) is 19.8. The van der Waals surface area contributed by atoms with E-state index in [2.05, 4.69) is 22.0 Å². The Labute approximate surface area is 165 Å². The summed E-state index contributed by atoms with van der Waals surface area (Å²) in [6.07, 6.45) is 3.46. The van der Waals surface area contributed by atoms with Gasteiger partial charge in [0.25, 0.3) is 5.91 Å². The second kappa shape index (κ2) is 6.74. The highest BCUT2D eigenvalue weighted by Gasteiger charge is 2.38. The van der Waals surface area contributed by atoms with Gasteiger partial charge in [0, 0.05) is 30.9 Å². The van der Waals surface area contributed by atoms with Gasteiger partial charge in [-0.25, -0.2) is 4.98 Å². The Morgan fingerprint density at radius 1 is 1.07 bits per heavy atom. The number of likely N-dealkylation sites (tertiary alicyclic amines) is 1. The van der Waals surface area contributed by atoms with E-state index in [-0.39, 0.29) is 5.91 Å². The van der Waals surface area contributed by atoms with E-state index in [0.717, 1.165) is 67.1 Å². The van der Waals surface area contributed by atoms with Crippen molar-refractivity contribution in [1.29, 1.82) is 0 Å². The van der Waals surface area contributed by atoms with Crippen LogP contribution in [0.25, 0.3) is 16.7 Å². The molecule has 0 bridgehead atoms. The molecule has 2 aliphatic rings. The van der Waals surface area contributed by atoms with Crippen molar-refractivity contribution in [1.82, 2.24) is 19.8 Å². The minimum absolute atomic E-state index is 0.134. The number of carbonyl (C=O) groups excluding carboxylic acids is 1. The van der Waals surface area contributed by atoms with Crippen LogP contribution in [0.4, 0.5) is 0 Å². The van der Waals surface area contributed by atoms with Gasteiger partial charge in [0.05, 0.1) is 11.0 Å². The summed E-state index contributed by atoms with van der Waals surface area (Å²) in [7, 11) is 0. The number of amides is 1. The van der Waals surface area contributed by atoms with Gasteiger partial charge in [-0.05, 0) is 68.5 Å². The van der Waals surface area contributed by atoms with Crippen LogP contribution in [-0.4, -0.2) is 46.5 Å². The van der Waals surface area contributed by atoms with Gasteiger partial charge >= 0.3 is 0 Å². The first-order valence-electron chi connectivity index (χ1n) is 10.2. The second-order valence-corrected chi connectivity index (χ2v) is 8.25. The zero-order valence-electron chi connectivity index (χ0n) is 16.3. The van der Waals surface area contributed by atoms with Crippen molar-refractivity contribution in [2.24, 2.45) is 5.41 Å². The maximum absolute atomic E-state index is 13.1. The number of benzene rings is 2. The van der Waals surface area contributed by atoms with E-state index in [1.807, 2.05) is 48.2 Å². The van der Waals surface area contributed by atoms with E-state index in [9.17, 15) is 4.79 Å². The molecule has 2 fully saturated rings. The highest BCUT2D eigenvalue weighted by Crippen LogP contribution is 2.37. The average molecular weight is 374 g/mol. The number of fused-ring (bicyclic) bond motifs is 1. The molecule has 0 unspecified atom stereocenters. The number of nitrogens with one attached hydrogen (secondary N) is 1. The first-order chi connectivity index (χ1) is 13.7. The van der Waals surface area contributed by atoms with Gasteiger partial charge in [-0.2, -0.15) is 0 Å². The van der Waals surface area contributed by atoms with Crippen molar-refractivity contribution in [3.8, 4) is 5.69 Å². The standard InChI is InChI=1S/C23H26N4O/c1-17-25-20-15-18(7-8-21(20)27(17)19-5-3-2-4-6-19)22(28)26-13-10-23(11-14-26)9-12-24-16-23/h2-8,15,24H,9-14,16H2,1H3. The second-order valence-electron chi connectivity index (χ2n) is 8.25. The zero-order chi connectivity index (χ0) is 19.1. The third-order valence-electron chi connectivity index (χ3n) is 6.53. The number of aryl methyl sites for hydroxylation is 1. The summed E-state index contributed by atoms with van der Waals surface area (Å²) in [5.41, 5.74) is 4.17. The normalized spacial score (nSPS) is 18.8. The highest BCUT2D eigenvalue weighted by molar-refractivity contribution is 5.97. The van der Waals surface area contributed by atoms with Crippen LogP contribution in [0, 0.1) is 12.3 Å². The number of carbonyl (C=O) groups is 1. The highest BCUT2D eigenvalue weighted by atomic mass is 16.2. The van der Waals surface area contributed by atoms with Crippen molar-refractivity contribution in [3.05, 3.63) is 59.9 Å². The summed E-state index contributed by atoms with van der Waals surface area (Å²) >= 11 is 0. The summed E-state index contributed by atoms with van der Waals surface area (Å²) in [6, 6.07) is 16.2. The molecule has 2 aliphatic heterocycles. The number of para-hydroxylation sites is 1. The number of hydrogen-bond acceptors (Lipinski definition) is 3. The first kappa shape index (κ1) is 17.4. The molecule has 0 atom stereocenters. The molecule has 1 spiro atoms. The Balaban J connectivity index is 1.40. The topological polar surface area (TPSA) is 50.2 Å². The fourth-order valence-corrected chi connectivity index (χ4v) is 4.83. The molecule has 28 heavy (non-hydrogen) atoms. The van der Waals surface area contributed by atoms with Crippen LogP contribution in [0.15, 0.2) is 48.5 Å². The van der Waals surface area contributed by atoms with Crippen LogP contribution in [0.2, 0.25) is 0 Å². The summed E-state index contributed by atoms with van der Waals surface area (Å²) in [5.74, 6) is 1.06. The van der Waals surface area contributed by atoms with Crippen LogP contribution in [0.3, 0.4) is 0 Å². The molecule has 5 nitrogen and oxygen atoms in total. The van der Waals surface area contributed by atoms with Gasteiger partial charge < -0.3 is 10.2 Å². The lowest BCUT2D eigenvalue weighted by molar-refractivity contribution is 0.0608. The number of aromatic nitrogens is 2. The maximum Gasteiger partial charge on any atom is 0.253 e. The lowest BCUT2D eigenvalue weighted by Gasteiger charge is -2.38. The van der Waals surface area contributed by atoms with Gasteiger partial charge in [-0.15, -0.1) is 0 Å². The summed E-state index contributed by atoms with van der Waals surface area (Å²) < 4.78 is 2.14. The van der Waals surface area contributed by atoms with E-state index in [1.165, 1.54) is 6.42 Å². The summed E-state index contributed by atoms with van der Waals surface area (Å²) in [6.45, 7) is 5.95. The minimum Gasteiger partial charge on any atom is -0.339 e.